The summed E-state index contributed by atoms with van der Waals surface area (Å²) in [6, 6.07) is 15.2. The fraction of sp³-hybridized carbons (Fsp3) is 0.0625. The number of nitrogens with one attached hydrogen (secondary N) is 1. The molecule has 0 radical (unpaired) electrons. The number of nitrogens with zero attached hydrogens (tertiary/aromatic N) is 2. The van der Waals surface area contributed by atoms with Crippen LogP contribution in [-0.4, -0.2) is 15.9 Å². The summed E-state index contributed by atoms with van der Waals surface area (Å²) in [6.07, 6.45) is 1.69. The smallest absolute Gasteiger partial charge is 0.269 e. The van der Waals surface area contributed by atoms with Crippen LogP contribution in [-0.2, 0) is 11.4 Å². The monoisotopic (exact) mass is 311 g/mol. The van der Waals surface area contributed by atoms with Gasteiger partial charge in [-0.3, -0.25) is 14.6 Å². The molecule has 3 aromatic rings. The van der Waals surface area contributed by atoms with E-state index in [2.05, 4.69) is 15.4 Å². The third-order valence-corrected chi connectivity index (χ3v) is 3.73. The van der Waals surface area contributed by atoms with Crippen LogP contribution in [0, 0.1) is 0 Å². The molecule has 0 saturated heterocycles. The van der Waals surface area contributed by atoms with E-state index in [1.165, 1.54) is 11.3 Å². The first-order chi connectivity index (χ1) is 10.8. The highest BCUT2D eigenvalue weighted by Crippen LogP contribution is 2.21. The van der Waals surface area contributed by atoms with Crippen molar-refractivity contribution in [2.24, 2.45) is 0 Å². The predicted molar refractivity (Wildman–Crippen MR) is 84.0 cm³/mol. The molecule has 0 bridgehead atoms. The molecule has 22 heavy (non-hydrogen) atoms. The molecule has 2 heterocycles. The van der Waals surface area contributed by atoms with Crippen LogP contribution in [0.25, 0.3) is 10.7 Å². The van der Waals surface area contributed by atoms with Crippen molar-refractivity contribution in [3.63, 3.8) is 0 Å². The van der Waals surface area contributed by atoms with Crippen LogP contribution in [0.15, 0.2) is 60.1 Å². The molecular weight excluding hydrogens is 298 g/mol. The molecule has 0 fully saturated rings. The van der Waals surface area contributed by atoms with Gasteiger partial charge in [0.15, 0.2) is 0 Å². The van der Waals surface area contributed by atoms with Gasteiger partial charge in [0.2, 0.25) is 0 Å². The van der Waals surface area contributed by atoms with E-state index in [1.54, 1.807) is 11.6 Å². The zero-order valence-corrected chi connectivity index (χ0v) is 12.4. The van der Waals surface area contributed by atoms with Gasteiger partial charge in [0.25, 0.3) is 5.91 Å². The zero-order chi connectivity index (χ0) is 15.2. The second kappa shape index (κ2) is 6.93. The van der Waals surface area contributed by atoms with Crippen molar-refractivity contribution in [1.82, 2.24) is 15.4 Å². The van der Waals surface area contributed by atoms with Gasteiger partial charge < -0.3 is 0 Å². The highest BCUT2D eigenvalue weighted by atomic mass is 32.1. The number of benzene rings is 1. The molecular formula is C16H13N3O2S. The largest absolute Gasteiger partial charge is 0.294 e. The maximum absolute atomic E-state index is 12.0. The normalized spacial score (nSPS) is 10.4. The lowest BCUT2D eigenvalue weighted by Gasteiger charge is -2.04. The maximum atomic E-state index is 12.0. The number of rotatable bonds is 5. The Morgan fingerprint density at radius 2 is 1.95 bits per heavy atom. The number of hydrogen-bond acceptors (Lipinski definition) is 5. The average molecular weight is 311 g/mol. The minimum Gasteiger partial charge on any atom is -0.269 e. The Morgan fingerprint density at radius 3 is 2.73 bits per heavy atom. The maximum Gasteiger partial charge on any atom is 0.294 e. The molecule has 0 unspecified atom stereocenters. The highest BCUT2D eigenvalue weighted by Gasteiger charge is 2.12. The lowest BCUT2D eigenvalue weighted by Crippen LogP contribution is -2.23. The lowest BCUT2D eigenvalue weighted by molar-refractivity contribution is 0.0230. The van der Waals surface area contributed by atoms with E-state index in [0.29, 0.717) is 17.3 Å². The molecule has 1 aromatic carbocycles. The SMILES string of the molecule is O=C(NOCc1ccccc1)c1csc(-c2ccccn2)n1. The molecule has 1 amide bonds. The summed E-state index contributed by atoms with van der Waals surface area (Å²) in [7, 11) is 0. The molecule has 5 nitrogen and oxygen atoms in total. The van der Waals surface area contributed by atoms with Crippen LogP contribution in [0.4, 0.5) is 0 Å². The Bertz CT molecular complexity index is 744. The molecule has 0 saturated carbocycles. The van der Waals surface area contributed by atoms with Crippen molar-refractivity contribution < 1.29 is 9.63 Å². The Balaban J connectivity index is 1.58. The van der Waals surface area contributed by atoms with Crippen molar-refractivity contribution >= 4 is 17.2 Å². The van der Waals surface area contributed by atoms with E-state index in [4.69, 9.17) is 4.84 Å². The van der Waals surface area contributed by atoms with E-state index in [-0.39, 0.29) is 5.91 Å². The summed E-state index contributed by atoms with van der Waals surface area (Å²) in [5.41, 5.74) is 4.44. The first kappa shape index (κ1) is 14.4. The third kappa shape index (κ3) is 3.55. The summed E-state index contributed by atoms with van der Waals surface area (Å²) < 4.78 is 0. The topological polar surface area (TPSA) is 64.1 Å². The van der Waals surface area contributed by atoms with Crippen molar-refractivity contribution in [3.8, 4) is 10.7 Å². The Labute approximate surface area is 131 Å². The van der Waals surface area contributed by atoms with Gasteiger partial charge in [0.05, 0.1) is 12.3 Å². The van der Waals surface area contributed by atoms with Gasteiger partial charge in [-0.15, -0.1) is 11.3 Å². The summed E-state index contributed by atoms with van der Waals surface area (Å²) in [4.78, 5) is 25.6. The van der Waals surface area contributed by atoms with Crippen molar-refractivity contribution in [3.05, 3.63) is 71.4 Å². The Hall–Kier alpha value is -2.57. The number of hydrogen-bond donors (Lipinski definition) is 1. The standard InChI is InChI=1S/C16H13N3O2S/c20-15(19-21-10-12-6-2-1-3-7-12)14-11-22-16(18-14)13-8-4-5-9-17-13/h1-9,11H,10H2,(H,19,20). The van der Waals surface area contributed by atoms with E-state index in [9.17, 15) is 4.79 Å². The molecule has 0 aliphatic carbocycles. The van der Waals surface area contributed by atoms with E-state index in [1.807, 2.05) is 48.5 Å². The molecule has 1 N–H and O–H groups in total. The number of aromatic nitrogens is 2. The predicted octanol–water partition coefficient (Wildman–Crippen LogP) is 3.07. The van der Waals surface area contributed by atoms with E-state index >= 15 is 0 Å². The first-order valence-electron chi connectivity index (χ1n) is 6.66. The van der Waals surface area contributed by atoms with Gasteiger partial charge in [0.1, 0.15) is 10.7 Å². The molecule has 3 rings (SSSR count). The average Bonchev–Trinajstić information content (AvgIpc) is 3.07. The highest BCUT2D eigenvalue weighted by molar-refractivity contribution is 7.13. The summed E-state index contributed by atoms with van der Waals surface area (Å²) in [5.74, 6) is -0.366. The molecule has 110 valence electrons. The molecule has 2 aromatic heterocycles. The Kier molecular flexibility index (Phi) is 4.53. The summed E-state index contributed by atoms with van der Waals surface area (Å²) in [6.45, 7) is 0.309. The number of carbonyl (C=O) groups is 1. The number of amides is 1. The summed E-state index contributed by atoms with van der Waals surface area (Å²) >= 11 is 1.37. The molecule has 0 spiro atoms. The number of thiazole rings is 1. The number of carbonyl (C=O) groups excluding carboxylic acids is 1. The van der Waals surface area contributed by atoms with Crippen LogP contribution in [0.5, 0.6) is 0 Å². The first-order valence-corrected chi connectivity index (χ1v) is 7.54. The van der Waals surface area contributed by atoms with Crippen LogP contribution < -0.4 is 5.48 Å². The van der Waals surface area contributed by atoms with Gasteiger partial charge in [-0.25, -0.2) is 10.5 Å². The second-order valence-corrected chi connectivity index (χ2v) is 5.32. The summed E-state index contributed by atoms with van der Waals surface area (Å²) in [5, 5.41) is 2.39. The van der Waals surface area contributed by atoms with Crippen LogP contribution in [0.1, 0.15) is 16.1 Å². The number of hydroxylamine groups is 1. The van der Waals surface area contributed by atoms with Crippen LogP contribution in [0.3, 0.4) is 0 Å². The van der Waals surface area contributed by atoms with Gasteiger partial charge in [-0.05, 0) is 17.7 Å². The number of pyridine rings is 1. The van der Waals surface area contributed by atoms with E-state index in [0.717, 1.165) is 11.3 Å². The second-order valence-electron chi connectivity index (χ2n) is 4.46. The van der Waals surface area contributed by atoms with Gasteiger partial charge in [-0.1, -0.05) is 36.4 Å². The van der Waals surface area contributed by atoms with Crippen molar-refractivity contribution in [2.45, 2.75) is 6.61 Å². The molecule has 0 atom stereocenters. The third-order valence-electron chi connectivity index (χ3n) is 2.87. The zero-order valence-electron chi connectivity index (χ0n) is 11.6. The van der Waals surface area contributed by atoms with Crippen molar-refractivity contribution in [1.29, 1.82) is 0 Å². The molecule has 6 heteroatoms. The molecule has 0 aliphatic heterocycles. The van der Waals surface area contributed by atoms with Crippen LogP contribution >= 0.6 is 11.3 Å². The van der Waals surface area contributed by atoms with Gasteiger partial charge in [-0.2, -0.15) is 0 Å². The van der Waals surface area contributed by atoms with Crippen molar-refractivity contribution in [2.75, 3.05) is 0 Å². The minimum atomic E-state index is -0.366. The quantitative estimate of drug-likeness (QED) is 0.736. The minimum absolute atomic E-state index is 0.309. The Morgan fingerprint density at radius 1 is 1.14 bits per heavy atom. The molecule has 0 aliphatic rings. The fourth-order valence-electron chi connectivity index (χ4n) is 1.80. The van der Waals surface area contributed by atoms with E-state index < -0.39 is 0 Å². The van der Waals surface area contributed by atoms with Crippen LogP contribution in [0.2, 0.25) is 0 Å². The lowest BCUT2D eigenvalue weighted by atomic mass is 10.2. The van der Waals surface area contributed by atoms with Gasteiger partial charge >= 0.3 is 0 Å². The fourth-order valence-corrected chi connectivity index (χ4v) is 2.57. The van der Waals surface area contributed by atoms with Gasteiger partial charge in [0, 0.05) is 11.6 Å².